The minimum atomic E-state index is 0.492. The van der Waals surface area contributed by atoms with Crippen molar-refractivity contribution in [3.8, 4) is 22.5 Å². The summed E-state index contributed by atoms with van der Waals surface area (Å²) in [6.07, 6.45) is 0. The van der Waals surface area contributed by atoms with Crippen LogP contribution >= 0.6 is 0 Å². The summed E-state index contributed by atoms with van der Waals surface area (Å²) in [5, 5.41) is 6.27. The van der Waals surface area contributed by atoms with Crippen molar-refractivity contribution in [2.24, 2.45) is 5.92 Å². The molecular formula is C31H25N3. The average molecular weight is 440 g/mol. The summed E-state index contributed by atoms with van der Waals surface area (Å²) in [6, 6.07) is 32.6. The Bertz CT molecular complexity index is 1800. The first-order valence-corrected chi connectivity index (χ1v) is 12.0. The lowest BCUT2D eigenvalue weighted by atomic mass is 9.90. The Balaban J connectivity index is 1.79. The van der Waals surface area contributed by atoms with Crippen LogP contribution in [-0.4, -0.2) is 14.5 Å². The Morgan fingerprint density at radius 2 is 1.44 bits per heavy atom. The van der Waals surface area contributed by atoms with Gasteiger partial charge in [-0.25, -0.2) is 4.98 Å². The van der Waals surface area contributed by atoms with Crippen molar-refractivity contribution in [2.45, 2.75) is 20.4 Å². The topological polar surface area (TPSA) is 33.6 Å². The molecule has 2 aliphatic heterocycles. The molecule has 4 aromatic carbocycles. The van der Waals surface area contributed by atoms with Crippen LogP contribution < -0.4 is 0 Å². The highest BCUT2D eigenvalue weighted by Crippen LogP contribution is 2.48. The van der Waals surface area contributed by atoms with Gasteiger partial charge >= 0.3 is 0 Å². The molecule has 3 nitrogen and oxygen atoms in total. The lowest BCUT2D eigenvalue weighted by molar-refractivity contribution is 0.532. The summed E-state index contributed by atoms with van der Waals surface area (Å²) in [7, 11) is 0. The van der Waals surface area contributed by atoms with Gasteiger partial charge in [0, 0.05) is 39.3 Å². The van der Waals surface area contributed by atoms with Gasteiger partial charge < -0.3 is 9.55 Å². The SMILES string of the molecule is CC(C)Cn1c2nc3ccccc3c-2c(-c2cccc3ccccc23)c2c3ccccc3[nH]c21. The number of para-hydroxylation sites is 2. The molecule has 1 aromatic heterocycles. The van der Waals surface area contributed by atoms with Gasteiger partial charge in [-0.1, -0.05) is 92.7 Å². The van der Waals surface area contributed by atoms with E-state index >= 15 is 0 Å². The van der Waals surface area contributed by atoms with Gasteiger partial charge in [0.05, 0.1) is 5.52 Å². The zero-order valence-corrected chi connectivity index (χ0v) is 19.3. The molecule has 2 aliphatic rings. The second kappa shape index (κ2) is 7.19. The van der Waals surface area contributed by atoms with Crippen LogP contribution in [0.1, 0.15) is 13.8 Å². The smallest absolute Gasteiger partial charge is 0.143 e. The van der Waals surface area contributed by atoms with E-state index in [9.17, 15) is 0 Å². The third-order valence-corrected chi connectivity index (χ3v) is 6.94. The predicted molar refractivity (Wildman–Crippen MR) is 143 cm³/mol. The van der Waals surface area contributed by atoms with Crippen LogP contribution in [0.2, 0.25) is 0 Å². The van der Waals surface area contributed by atoms with Gasteiger partial charge in [0.2, 0.25) is 0 Å². The largest absolute Gasteiger partial charge is 0.341 e. The number of nitrogens with zero attached hydrogens (tertiary/aromatic N) is 2. The van der Waals surface area contributed by atoms with Gasteiger partial charge in [-0.3, -0.25) is 0 Å². The van der Waals surface area contributed by atoms with E-state index in [2.05, 4.69) is 114 Å². The molecule has 0 fully saturated rings. The molecule has 3 heteroatoms. The molecule has 0 unspecified atom stereocenters. The lowest BCUT2D eigenvalue weighted by Gasteiger charge is -2.21. The molecule has 3 heterocycles. The first-order valence-electron chi connectivity index (χ1n) is 12.0. The minimum absolute atomic E-state index is 0.492. The number of aromatic nitrogens is 3. The van der Waals surface area contributed by atoms with Gasteiger partial charge in [-0.2, -0.15) is 0 Å². The molecule has 0 aliphatic carbocycles. The first-order chi connectivity index (χ1) is 16.7. The molecule has 0 radical (unpaired) electrons. The molecular weight excluding hydrogens is 414 g/mol. The maximum atomic E-state index is 5.20. The van der Waals surface area contributed by atoms with Crippen LogP contribution in [-0.2, 0) is 6.54 Å². The van der Waals surface area contributed by atoms with Crippen LogP contribution in [0.3, 0.4) is 0 Å². The highest BCUT2D eigenvalue weighted by atomic mass is 15.1. The fourth-order valence-corrected chi connectivity index (χ4v) is 5.58. The molecule has 0 spiro atoms. The van der Waals surface area contributed by atoms with Crippen LogP contribution in [0.15, 0.2) is 91.0 Å². The molecule has 0 saturated carbocycles. The zero-order chi connectivity index (χ0) is 22.8. The molecule has 0 amide bonds. The Morgan fingerprint density at radius 3 is 2.29 bits per heavy atom. The van der Waals surface area contributed by atoms with Gasteiger partial charge in [0.25, 0.3) is 0 Å². The quantitative estimate of drug-likeness (QED) is 0.295. The predicted octanol–water partition coefficient (Wildman–Crippen LogP) is 8.25. The number of rotatable bonds is 3. The van der Waals surface area contributed by atoms with E-state index in [4.69, 9.17) is 4.98 Å². The van der Waals surface area contributed by atoms with Gasteiger partial charge in [-0.05, 0) is 34.4 Å². The van der Waals surface area contributed by atoms with Gasteiger partial charge in [0.15, 0.2) is 0 Å². The van der Waals surface area contributed by atoms with Crippen molar-refractivity contribution in [3.05, 3.63) is 91.0 Å². The standard InChI is InChI=1S/C31H25N3/c1-19(2)18-34-30-28(23-13-5-7-16-25(23)32-30)27(22-15-9-11-20-10-3-4-12-21(20)22)29-24-14-6-8-17-26(24)33-31(29)34/h3-17,19,32H,18H2,1-2H3. The highest BCUT2D eigenvalue weighted by molar-refractivity contribution is 6.22. The summed E-state index contributed by atoms with van der Waals surface area (Å²) in [5.41, 5.74) is 7.13. The Labute approximate surface area is 198 Å². The monoisotopic (exact) mass is 439 g/mol. The summed E-state index contributed by atoms with van der Waals surface area (Å²) in [4.78, 5) is 8.97. The molecule has 0 atom stereocenters. The van der Waals surface area contributed by atoms with Crippen molar-refractivity contribution in [3.63, 3.8) is 0 Å². The average Bonchev–Trinajstić information content (AvgIpc) is 3.43. The van der Waals surface area contributed by atoms with Crippen molar-refractivity contribution in [1.29, 1.82) is 0 Å². The molecule has 0 saturated heterocycles. The van der Waals surface area contributed by atoms with E-state index in [1.807, 2.05) is 0 Å². The third-order valence-electron chi connectivity index (χ3n) is 6.94. The first kappa shape index (κ1) is 19.4. The number of nitrogens with one attached hydrogen (secondary N) is 1. The van der Waals surface area contributed by atoms with Crippen molar-refractivity contribution < 1.29 is 0 Å². The van der Waals surface area contributed by atoms with E-state index in [1.54, 1.807) is 0 Å². The van der Waals surface area contributed by atoms with Crippen molar-refractivity contribution in [1.82, 2.24) is 14.5 Å². The Kier molecular flexibility index (Phi) is 4.10. The normalized spacial score (nSPS) is 12.2. The van der Waals surface area contributed by atoms with Crippen LogP contribution in [0.4, 0.5) is 0 Å². The fourth-order valence-electron chi connectivity index (χ4n) is 5.58. The van der Waals surface area contributed by atoms with Crippen LogP contribution in [0, 0.1) is 5.92 Å². The molecule has 0 bridgehead atoms. The van der Waals surface area contributed by atoms with E-state index in [-0.39, 0.29) is 0 Å². The minimum Gasteiger partial charge on any atom is -0.341 e. The molecule has 1 N–H and O–H groups in total. The zero-order valence-electron chi connectivity index (χ0n) is 19.3. The number of hydrogen-bond donors (Lipinski definition) is 1. The van der Waals surface area contributed by atoms with Gasteiger partial charge in [0.1, 0.15) is 11.5 Å². The molecule has 5 aromatic rings. The fraction of sp³-hybridized carbons (Fsp3) is 0.129. The maximum absolute atomic E-state index is 5.20. The number of H-pyrrole nitrogens is 1. The number of hydrogen-bond acceptors (Lipinski definition) is 1. The van der Waals surface area contributed by atoms with Crippen molar-refractivity contribution >= 4 is 43.6 Å². The summed E-state index contributed by atoms with van der Waals surface area (Å²) in [5.74, 6) is 1.54. The lowest BCUT2D eigenvalue weighted by Crippen LogP contribution is -2.11. The van der Waals surface area contributed by atoms with E-state index in [0.29, 0.717) is 5.92 Å². The Morgan fingerprint density at radius 1 is 0.735 bits per heavy atom. The number of aromatic amines is 1. The van der Waals surface area contributed by atoms with E-state index < -0.39 is 0 Å². The summed E-state index contributed by atoms with van der Waals surface area (Å²) < 4.78 is 2.41. The molecule has 34 heavy (non-hydrogen) atoms. The van der Waals surface area contributed by atoms with E-state index in [1.165, 1.54) is 43.6 Å². The molecule has 164 valence electrons. The summed E-state index contributed by atoms with van der Waals surface area (Å²) >= 11 is 0. The number of benzene rings is 4. The van der Waals surface area contributed by atoms with Crippen molar-refractivity contribution in [2.75, 3.05) is 0 Å². The third kappa shape index (κ3) is 2.67. The maximum Gasteiger partial charge on any atom is 0.143 e. The number of pyridine rings is 1. The van der Waals surface area contributed by atoms with E-state index in [0.717, 1.165) is 29.0 Å². The molecule has 7 rings (SSSR count). The second-order valence-electron chi connectivity index (χ2n) is 9.63. The van der Waals surface area contributed by atoms with Crippen LogP contribution in [0.5, 0.6) is 0 Å². The second-order valence-corrected chi connectivity index (χ2v) is 9.63. The highest BCUT2D eigenvalue weighted by Gasteiger charge is 2.27. The van der Waals surface area contributed by atoms with Gasteiger partial charge in [-0.15, -0.1) is 0 Å². The number of fused-ring (bicyclic) bond motifs is 7. The Hall–Kier alpha value is -4.11. The summed E-state index contributed by atoms with van der Waals surface area (Å²) in [6.45, 7) is 5.45. The van der Waals surface area contributed by atoms with Crippen LogP contribution in [0.25, 0.3) is 66.1 Å².